The molecule has 114 valence electrons. The number of rotatable bonds is 4. The van der Waals surface area contributed by atoms with Gasteiger partial charge in [-0.25, -0.2) is 13.1 Å². The van der Waals surface area contributed by atoms with E-state index in [1.807, 2.05) is 6.92 Å². The summed E-state index contributed by atoms with van der Waals surface area (Å²) in [5, 5.41) is 0.0924. The van der Waals surface area contributed by atoms with Gasteiger partial charge in [-0.05, 0) is 39.0 Å². The first-order valence-corrected chi connectivity index (χ1v) is 8.21. The molecule has 0 bridgehead atoms. The number of aryl methyl sites for hydroxylation is 2. The highest BCUT2D eigenvalue weighted by Gasteiger charge is 2.25. The van der Waals surface area contributed by atoms with Crippen molar-refractivity contribution in [3.05, 3.63) is 46.4 Å². The number of halogens is 1. The Morgan fingerprint density at radius 2 is 2.00 bits per heavy atom. The van der Waals surface area contributed by atoms with E-state index in [1.165, 1.54) is 12.1 Å². The smallest absolute Gasteiger partial charge is 0.244 e. The summed E-state index contributed by atoms with van der Waals surface area (Å²) in [5.41, 5.74) is 6.63. The minimum atomic E-state index is -3.83. The second kappa shape index (κ2) is 5.71. The van der Waals surface area contributed by atoms with E-state index in [-0.39, 0.29) is 15.6 Å². The fourth-order valence-electron chi connectivity index (χ4n) is 2.24. The molecule has 0 saturated carbocycles. The fourth-order valence-corrected chi connectivity index (χ4v) is 4.14. The van der Waals surface area contributed by atoms with E-state index in [1.54, 1.807) is 26.0 Å². The second-order valence-electron chi connectivity index (χ2n) is 4.87. The average molecular weight is 329 g/mol. The standard InChI is InChI=1S/C14H17ClN2O3S/c1-8-7-11(10(3)20-8)9(2)17-21(18,19)14-12(15)5-4-6-13(14)16/h4-7,9,17H,16H2,1-3H3. The third kappa shape index (κ3) is 3.23. The number of sulfonamides is 1. The molecule has 0 fully saturated rings. The molecule has 7 heteroatoms. The number of benzene rings is 1. The Kier molecular flexibility index (Phi) is 4.32. The Hall–Kier alpha value is -1.50. The maximum Gasteiger partial charge on any atom is 0.244 e. The largest absolute Gasteiger partial charge is 0.466 e. The molecule has 0 aliphatic heterocycles. The highest BCUT2D eigenvalue weighted by Crippen LogP contribution is 2.29. The first-order valence-electron chi connectivity index (χ1n) is 6.35. The van der Waals surface area contributed by atoms with Crippen LogP contribution in [-0.2, 0) is 10.0 Å². The Morgan fingerprint density at radius 3 is 2.52 bits per heavy atom. The highest BCUT2D eigenvalue weighted by molar-refractivity contribution is 7.89. The molecule has 1 aromatic carbocycles. The van der Waals surface area contributed by atoms with Gasteiger partial charge in [0.05, 0.1) is 10.7 Å². The molecular formula is C14H17ClN2O3S. The first kappa shape index (κ1) is 15.9. The lowest BCUT2D eigenvalue weighted by molar-refractivity contribution is 0.496. The van der Waals surface area contributed by atoms with E-state index >= 15 is 0 Å². The average Bonchev–Trinajstić information content (AvgIpc) is 2.67. The Morgan fingerprint density at radius 1 is 1.33 bits per heavy atom. The van der Waals surface area contributed by atoms with Gasteiger partial charge in [-0.1, -0.05) is 17.7 Å². The molecule has 3 N–H and O–H groups in total. The van der Waals surface area contributed by atoms with E-state index in [2.05, 4.69) is 4.72 Å². The number of hydrogen-bond acceptors (Lipinski definition) is 4. The van der Waals surface area contributed by atoms with Crippen molar-refractivity contribution in [1.82, 2.24) is 4.72 Å². The molecule has 1 heterocycles. The zero-order chi connectivity index (χ0) is 15.8. The van der Waals surface area contributed by atoms with Gasteiger partial charge >= 0.3 is 0 Å². The summed E-state index contributed by atoms with van der Waals surface area (Å²) in [7, 11) is -3.83. The fraction of sp³-hybridized carbons (Fsp3) is 0.286. The lowest BCUT2D eigenvalue weighted by Gasteiger charge is -2.15. The van der Waals surface area contributed by atoms with Crippen LogP contribution in [0.5, 0.6) is 0 Å². The van der Waals surface area contributed by atoms with Gasteiger partial charge in [0, 0.05) is 11.6 Å². The van der Waals surface area contributed by atoms with Crippen LogP contribution in [0, 0.1) is 13.8 Å². The number of furan rings is 1. The van der Waals surface area contributed by atoms with Gasteiger partial charge in [-0.2, -0.15) is 0 Å². The van der Waals surface area contributed by atoms with Crippen molar-refractivity contribution in [2.24, 2.45) is 0 Å². The molecule has 2 rings (SSSR count). The molecule has 1 atom stereocenters. The van der Waals surface area contributed by atoms with E-state index in [4.69, 9.17) is 21.8 Å². The van der Waals surface area contributed by atoms with Gasteiger partial charge in [0.1, 0.15) is 16.4 Å². The number of hydrogen-bond donors (Lipinski definition) is 2. The minimum Gasteiger partial charge on any atom is -0.466 e. The Bertz CT molecular complexity index is 748. The minimum absolute atomic E-state index is 0.0924. The third-order valence-electron chi connectivity index (χ3n) is 3.14. The summed E-state index contributed by atoms with van der Waals surface area (Å²) < 4.78 is 32.9. The predicted molar refractivity (Wildman–Crippen MR) is 82.8 cm³/mol. The lowest BCUT2D eigenvalue weighted by Crippen LogP contribution is -2.28. The van der Waals surface area contributed by atoms with Crippen molar-refractivity contribution < 1.29 is 12.8 Å². The molecule has 1 aromatic heterocycles. The number of nitrogens with two attached hydrogens (primary N) is 1. The van der Waals surface area contributed by atoms with Crippen molar-refractivity contribution >= 4 is 27.3 Å². The van der Waals surface area contributed by atoms with Crippen LogP contribution in [0.25, 0.3) is 0 Å². The summed E-state index contributed by atoms with van der Waals surface area (Å²) in [4.78, 5) is -0.101. The summed E-state index contributed by atoms with van der Waals surface area (Å²) in [5.74, 6) is 1.40. The van der Waals surface area contributed by atoms with E-state index in [0.717, 1.165) is 11.3 Å². The maximum absolute atomic E-state index is 12.5. The normalized spacial score (nSPS) is 13.3. The topological polar surface area (TPSA) is 85.3 Å². The summed E-state index contributed by atoms with van der Waals surface area (Å²) >= 11 is 5.96. The van der Waals surface area contributed by atoms with Crippen molar-refractivity contribution in [1.29, 1.82) is 0 Å². The predicted octanol–water partition coefficient (Wildman–Crippen LogP) is 3.17. The van der Waals surface area contributed by atoms with E-state index in [0.29, 0.717) is 5.76 Å². The second-order valence-corrected chi connectivity index (χ2v) is 6.93. The molecule has 0 radical (unpaired) electrons. The van der Waals surface area contributed by atoms with Crippen LogP contribution in [0.2, 0.25) is 5.02 Å². The highest BCUT2D eigenvalue weighted by atomic mass is 35.5. The molecule has 0 aliphatic carbocycles. The molecular weight excluding hydrogens is 312 g/mol. The molecule has 0 saturated heterocycles. The van der Waals surface area contributed by atoms with Gasteiger partial charge in [0.15, 0.2) is 0 Å². The van der Waals surface area contributed by atoms with Crippen molar-refractivity contribution in [3.8, 4) is 0 Å². The molecule has 0 aliphatic rings. The van der Waals surface area contributed by atoms with E-state index < -0.39 is 16.1 Å². The van der Waals surface area contributed by atoms with Gasteiger partial charge in [-0.3, -0.25) is 0 Å². The zero-order valence-electron chi connectivity index (χ0n) is 12.0. The first-order chi connectivity index (χ1) is 9.72. The van der Waals surface area contributed by atoms with Crippen LogP contribution in [0.1, 0.15) is 30.0 Å². The Balaban J connectivity index is 2.36. The van der Waals surface area contributed by atoms with Gasteiger partial charge < -0.3 is 10.2 Å². The van der Waals surface area contributed by atoms with Gasteiger partial charge in [-0.15, -0.1) is 0 Å². The van der Waals surface area contributed by atoms with Crippen molar-refractivity contribution in [2.45, 2.75) is 31.7 Å². The molecule has 21 heavy (non-hydrogen) atoms. The summed E-state index contributed by atoms with van der Waals surface area (Å²) in [6, 6.07) is 5.94. The van der Waals surface area contributed by atoms with Gasteiger partial charge in [0.2, 0.25) is 10.0 Å². The third-order valence-corrected chi connectivity index (χ3v) is 5.23. The van der Waals surface area contributed by atoms with E-state index in [9.17, 15) is 8.42 Å². The van der Waals surface area contributed by atoms with Crippen LogP contribution >= 0.6 is 11.6 Å². The van der Waals surface area contributed by atoms with Crippen molar-refractivity contribution in [3.63, 3.8) is 0 Å². The number of nitrogen functional groups attached to an aromatic ring is 1. The van der Waals surface area contributed by atoms with Crippen LogP contribution in [-0.4, -0.2) is 8.42 Å². The van der Waals surface area contributed by atoms with Crippen LogP contribution in [0.3, 0.4) is 0 Å². The van der Waals surface area contributed by atoms with Crippen LogP contribution in [0.4, 0.5) is 5.69 Å². The molecule has 5 nitrogen and oxygen atoms in total. The molecule has 0 spiro atoms. The SMILES string of the molecule is Cc1cc(C(C)NS(=O)(=O)c2c(N)cccc2Cl)c(C)o1. The summed E-state index contributed by atoms with van der Waals surface area (Å²) in [6.45, 7) is 5.34. The van der Waals surface area contributed by atoms with Crippen LogP contribution in [0.15, 0.2) is 33.6 Å². The summed E-state index contributed by atoms with van der Waals surface area (Å²) in [6.07, 6.45) is 0. The Labute approximate surface area is 129 Å². The number of nitrogens with one attached hydrogen (secondary N) is 1. The molecule has 2 aromatic rings. The molecule has 0 amide bonds. The van der Waals surface area contributed by atoms with Crippen molar-refractivity contribution in [2.75, 3.05) is 5.73 Å². The zero-order valence-corrected chi connectivity index (χ0v) is 13.5. The molecule has 1 unspecified atom stereocenters. The lowest BCUT2D eigenvalue weighted by atomic mass is 10.1. The quantitative estimate of drug-likeness (QED) is 0.844. The number of anilines is 1. The maximum atomic E-state index is 12.5. The monoisotopic (exact) mass is 328 g/mol. The van der Waals surface area contributed by atoms with Gasteiger partial charge in [0.25, 0.3) is 0 Å². The van der Waals surface area contributed by atoms with Crippen LogP contribution < -0.4 is 10.5 Å².